The van der Waals surface area contributed by atoms with Gasteiger partial charge in [-0.1, -0.05) is 46.9 Å². The van der Waals surface area contributed by atoms with Crippen LogP contribution in [0.2, 0.25) is 15.1 Å². The summed E-state index contributed by atoms with van der Waals surface area (Å²) < 4.78 is 10.7. The van der Waals surface area contributed by atoms with Gasteiger partial charge in [0.1, 0.15) is 0 Å². The Labute approximate surface area is 193 Å². The van der Waals surface area contributed by atoms with Gasteiger partial charge >= 0.3 is 5.97 Å². The molecule has 2 N–H and O–H groups in total. The number of benzene rings is 3. The van der Waals surface area contributed by atoms with Crippen molar-refractivity contribution in [3.63, 3.8) is 0 Å². The number of carboxylic acids is 1. The van der Waals surface area contributed by atoms with Crippen LogP contribution in [-0.4, -0.2) is 17.9 Å². The number of aliphatic carboxylic acids is 1. The minimum absolute atomic E-state index is 0.123. The lowest BCUT2D eigenvalue weighted by molar-refractivity contribution is -0.132. The van der Waals surface area contributed by atoms with Crippen molar-refractivity contribution in [3.05, 3.63) is 86.4 Å². The van der Waals surface area contributed by atoms with Gasteiger partial charge in [0.2, 0.25) is 6.79 Å². The number of carboxylic acid groups (broad SMARTS) is 1. The summed E-state index contributed by atoms with van der Waals surface area (Å²) in [6, 6.07) is 15.8. The van der Waals surface area contributed by atoms with E-state index in [2.05, 4.69) is 5.32 Å². The van der Waals surface area contributed by atoms with Gasteiger partial charge in [-0.05, 0) is 53.6 Å². The zero-order valence-electron chi connectivity index (χ0n) is 16.0. The summed E-state index contributed by atoms with van der Waals surface area (Å²) in [5.41, 5.74) is 3.04. The Hall–Kier alpha value is -2.86. The van der Waals surface area contributed by atoms with E-state index in [1.807, 2.05) is 24.3 Å². The van der Waals surface area contributed by atoms with E-state index in [0.717, 1.165) is 11.3 Å². The van der Waals surface area contributed by atoms with Crippen molar-refractivity contribution < 1.29 is 19.4 Å². The molecule has 4 rings (SSSR count). The molecule has 8 heteroatoms. The lowest BCUT2D eigenvalue weighted by Crippen LogP contribution is -2.04. The van der Waals surface area contributed by atoms with E-state index < -0.39 is 5.97 Å². The van der Waals surface area contributed by atoms with Crippen molar-refractivity contribution in [1.29, 1.82) is 0 Å². The molecule has 0 aromatic heterocycles. The van der Waals surface area contributed by atoms with Crippen molar-refractivity contribution in [2.24, 2.45) is 0 Å². The van der Waals surface area contributed by atoms with Gasteiger partial charge in [-0.3, -0.25) is 0 Å². The average molecular weight is 477 g/mol. The van der Waals surface area contributed by atoms with Crippen LogP contribution in [0.3, 0.4) is 0 Å². The third kappa shape index (κ3) is 5.07. The molecular formula is C23H16Cl3NO4. The third-order valence-corrected chi connectivity index (χ3v) is 5.57. The Bertz CT molecular complexity index is 1180. The number of nitrogens with one attached hydrogen (secondary N) is 1. The molecule has 3 aromatic carbocycles. The smallest absolute Gasteiger partial charge is 0.331 e. The fourth-order valence-corrected chi connectivity index (χ4v) is 3.66. The first-order chi connectivity index (χ1) is 14.9. The van der Waals surface area contributed by atoms with E-state index in [9.17, 15) is 9.90 Å². The van der Waals surface area contributed by atoms with Crippen LogP contribution in [0.25, 0.3) is 6.08 Å². The highest BCUT2D eigenvalue weighted by Gasteiger charge is 2.19. The van der Waals surface area contributed by atoms with Crippen LogP contribution in [0, 0.1) is 0 Å². The summed E-state index contributed by atoms with van der Waals surface area (Å²) in [6.07, 6.45) is 1.75. The SMILES string of the molecule is O=C(O)/C(=C/c1ccc(Nc2cc(Cl)ccc2Cl)cc1)Cc1cc2c(cc1Cl)OCO2. The molecule has 0 radical (unpaired) electrons. The Kier molecular flexibility index (Phi) is 6.28. The second kappa shape index (κ2) is 9.10. The number of hydrogen-bond donors (Lipinski definition) is 2. The van der Waals surface area contributed by atoms with Crippen LogP contribution in [0.1, 0.15) is 11.1 Å². The van der Waals surface area contributed by atoms with Gasteiger partial charge < -0.3 is 19.9 Å². The molecule has 1 aliphatic rings. The van der Waals surface area contributed by atoms with Crippen molar-refractivity contribution in [1.82, 2.24) is 0 Å². The number of ether oxygens (including phenoxy) is 2. The van der Waals surface area contributed by atoms with E-state index in [4.69, 9.17) is 44.3 Å². The molecule has 31 heavy (non-hydrogen) atoms. The summed E-state index contributed by atoms with van der Waals surface area (Å²) in [5.74, 6) is 0.0818. The molecule has 0 amide bonds. The van der Waals surface area contributed by atoms with E-state index >= 15 is 0 Å². The van der Waals surface area contributed by atoms with Gasteiger partial charge in [-0.25, -0.2) is 4.79 Å². The predicted molar refractivity (Wildman–Crippen MR) is 123 cm³/mol. The molecule has 1 heterocycles. The molecule has 3 aromatic rings. The molecule has 0 saturated heterocycles. The number of anilines is 2. The Balaban J connectivity index is 1.54. The summed E-state index contributed by atoms with van der Waals surface area (Å²) in [6.45, 7) is 0.123. The first kappa shape index (κ1) is 21.4. The van der Waals surface area contributed by atoms with Crippen LogP contribution in [0.15, 0.2) is 60.2 Å². The normalized spacial score (nSPS) is 12.7. The Morgan fingerprint density at radius 3 is 2.39 bits per heavy atom. The van der Waals surface area contributed by atoms with E-state index in [-0.39, 0.29) is 18.8 Å². The maximum atomic E-state index is 11.8. The number of fused-ring (bicyclic) bond motifs is 1. The van der Waals surface area contributed by atoms with Gasteiger partial charge in [0.15, 0.2) is 11.5 Å². The first-order valence-corrected chi connectivity index (χ1v) is 10.4. The maximum Gasteiger partial charge on any atom is 0.331 e. The summed E-state index contributed by atoms with van der Waals surface area (Å²) in [4.78, 5) is 11.8. The van der Waals surface area contributed by atoms with Crippen molar-refractivity contribution in [2.45, 2.75) is 6.42 Å². The second-order valence-corrected chi connectivity index (χ2v) is 8.07. The monoisotopic (exact) mass is 475 g/mol. The minimum atomic E-state index is -1.03. The number of halogens is 3. The third-order valence-electron chi connectivity index (χ3n) is 4.66. The van der Waals surface area contributed by atoms with Gasteiger partial charge in [0.05, 0.1) is 10.7 Å². The van der Waals surface area contributed by atoms with Crippen LogP contribution in [-0.2, 0) is 11.2 Å². The van der Waals surface area contributed by atoms with E-state index in [1.165, 1.54) is 0 Å². The lowest BCUT2D eigenvalue weighted by Gasteiger charge is -2.10. The largest absolute Gasteiger partial charge is 0.478 e. The average Bonchev–Trinajstić information content (AvgIpc) is 3.18. The molecule has 0 unspecified atom stereocenters. The highest BCUT2D eigenvalue weighted by molar-refractivity contribution is 6.35. The van der Waals surface area contributed by atoms with E-state index in [1.54, 1.807) is 36.4 Å². The molecule has 158 valence electrons. The fourth-order valence-electron chi connectivity index (χ4n) is 3.10. The van der Waals surface area contributed by atoms with Gasteiger partial charge in [0.25, 0.3) is 0 Å². The number of rotatable bonds is 6. The fraction of sp³-hybridized carbons (Fsp3) is 0.0870. The zero-order valence-corrected chi connectivity index (χ0v) is 18.3. The van der Waals surface area contributed by atoms with Crippen LogP contribution < -0.4 is 14.8 Å². The zero-order chi connectivity index (χ0) is 22.0. The molecule has 0 saturated carbocycles. The van der Waals surface area contributed by atoms with Crippen LogP contribution >= 0.6 is 34.8 Å². The molecule has 0 atom stereocenters. The Morgan fingerprint density at radius 1 is 0.968 bits per heavy atom. The minimum Gasteiger partial charge on any atom is -0.478 e. The number of hydrogen-bond acceptors (Lipinski definition) is 4. The Morgan fingerprint density at radius 2 is 1.68 bits per heavy atom. The predicted octanol–water partition coefficient (Wildman–Crippen LogP) is 6.83. The molecule has 0 spiro atoms. The van der Waals surface area contributed by atoms with Gasteiger partial charge in [-0.2, -0.15) is 0 Å². The van der Waals surface area contributed by atoms with E-state index in [0.29, 0.717) is 37.8 Å². The maximum absolute atomic E-state index is 11.8. The number of carbonyl (C=O) groups is 1. The van der Waals surface area contributed by atoms with Gasteiger partial charge in [0, 0.05) is 33.8 Å². The van der Waals surface area contributed by atoms with Crippen molar-refractivity contribution >= 4 is 58.2 Å². The highest BCUT2D eigenvalue weighted by Crippen LogP contribution is 2.37. The first-order valence-electron chi connectivity index (χ1n) is 9.23. The highest BCUT2D eigenvalue weighted by atomic mass is 35.5. The quantitative estimate of drug-likeness (QED) is 0.382. The standard InChI is InChI=1S/C23H16Cl3NO4/c24-16-3-6-18(25)20(10-16)27-17-4-1-13(2-5-17)7-15(23(28)29)8-14-9-21-22(11-19(14)26)31-12-30-21/h1-7,9-11,27H,8,12H2,(H,28,29)/b15-7+. The molecule has 0 bridgehead atoms. The molecule has 1 aliphatic heterocycles. The molecular weight excluding hydrogens is 461 g/mol. The molecule has 5 nitrogen and oxygen atoms in total. The van der Waals surface area contributed by atoms with Crippen LogP contribution in [0.4, 0.5) is 11.4 Å². The molecule has 0 aliphatic carbocycles. The van der Waals surface area contributed by atoms with Crippen LogP contribution in [0.5, 0.6) is 11.5 Å². The summed E-state index contributed by atoms with van der Waals surface area (Å²) in [5, 5.41) is 14.4. The lowest BCUT2D eigenvalue weighted by atomic mass is 10.0. The topological polar surface area (TPSA) is 67.8 Å². The summed E-state index contributed by atoms with van der Waals surface area (Å²) in [7, 11) is 0. The summed E-state index contributed by atoms with van der Waals surface area (Å²) >= 11 is 18.5. The van der Waals surface area contributed by atoms with Crippen molar-refractivity contribution in [3.8, 4) is 11.5 Å². The van der Waals surface area contributed by atoms with Gasteiger partial charge in [-0.15, -0.1) is 0 Å². The van der Waals surface area contributed by atoms with Crippen molar-refractivity contribution in [2.75, 3.05) is 12.1 Å². The molecule has 0 fully saturated rings. The second-order valence-electron chi connectivity index (χ2n) is 6.82.